The molecule has 3 atom stereocenters. The zero-order valence-corrected chi connectivity index (χ0v) is 16.4. The molecule has 1 fully saturated rings. The third-order valence-corrected chi connectivity index (χ3v) is 5.68. The van der Waals surface area contributed by atoms with Crippen LogP contribution < -0.4 is 5.69 Å². The monoisotopic (exact) mass is 447 g/mol. The number of rotatable bonds is 3. The predicted molar refractivity (Wildman–Crippen MR) is 97.8 cm³/mol. The Morgan fingerprint density at radius 2 is 2.07 bits per heavy atom. The lowest BCUT2D eigenvalue weighted by atomic mass is 9.91. The smallest absolute Gasteiger partial charge is 0.338 e. The minimum Gasteiger partial charge on any atom is -0.338 e. The van der Waals surface area contributed by atoms with E-state index < -0.39 is 48.7 Å². The van der Waals surface area contributed by atoms with Gasteiger partial charge in [-0.2, -0.15) is 18.3 Å². The lowest BCUT2D eigenvalue weighted by Crippen LogP contribution is -2.45. The van der Waals surface area contributed by atoms with Gasteiger partial charge in [-0.3, -0.25) is 14.3 Å². The first-order valence-corrected chi connectivity index (χ1v) is 9.78. The van der Waals surface area contributed by atoms with E-state index in [4.69, 9.17) is 11.6 Å². The van der Waals surface area contributed by atoms with Crippen LogP contribution in [0.5, 0.6) is 0 Å². The average Bonchev–Trinajstić information content (AvgIpc) is 3.24. The second-order valence-corrected chi connectivity index (χ2v) is 8.04. The molecule has 0 aromatic carbocycles. The number of nitrogens with zero attached hydrogens (tertiary/aromatic N) is 5. The number of aromatic nitrogens is 4. The van der Waals surface area contributed by atoms with Crippen molar-refractivity contribution in [2.24, 2.45) is 5.92 Å². The van der Waals surface area contributed by atoms with Gasteiger partial charge in [-0.1, -0.05) is 11.6 Å². The molecule has 0 radical (unpaired) electrons. The molecule has 0 aliphatic carbocycles. The maximum absolute atomic E-state index is 13.5. The second kappa shape index (κ2) is 7.68. The lowest BCUT2D eigenvalue weighted by Gasteiger charge is -2.32. The summed E-state index contributed by atoms with van der Waals surface area (Å²) in [5.74, 6) is -2.61. The fraction of sp³-hybridized carbons (Fsp3) is 0.556. The Kier molecular flexibility index (Phi) is 5.33. The van der Waals surface area contributed by atoms with Crippen LogP contribution in [0.3, 0.4) is 0 Å². The molecule has 2 aromatic rings. The Bertz CT molecular complexity index is 1020. The van der Waals surface area contributed by atoms with E-state index in [-0.39, 0.29) is 31.9 Å². The van der Waals surface area contributed by atoms with Crippen molar-refractivity contribution in [1.29, 1.82) is 0 Å². The van der Waals surface area contributed by atoms with E-state index in [9.17, 15) is 27.2 Å². The maximum atomic E-state index is 13.5. The van der Waals surface area contributed by atoms with Crippen molar-refractivity contribution in [2.45, 2.75) is 44.2 Å². The van der Waals surface area contributed by atoms with Crippen LogP contribution in [0.15, 0.2) is 23.3 Å². The van der Waals surface area contributed by atoms with Crippen molar-refractivity contribution in [3.05, 3.63) is 45.4 Å². The van der Waals surface area contributed by atoms with Gasteiger partial charge < -0.3 is 4.90 Å². The molecule has 0 spiro atoms. The van der Waals surface area contributed by atoms with Gasteiger partial charge in [-0.25, -0.2) is 13.9 Å². The molecular weight excluding hydrogens is 430 g/mol. The molecule has 4 rings (SSSR count). The third-order valence-electron chi connectivity index (χ3n) is 5.47. The molecule has 1 amide bonds. The van der Waals surface area contributed by atoms with E-state index in [0.29, 0.717) is 10.6 Å². The highest BCUT2D eigenvalue weighted by atomic mass is 35.5. The van der Waals surface area contributed by atoms with Crippen LogP contribution in [0, 0.1) is 5.92 Å². The maximum Gasteiger partial charge on any atom is 0.392 e. The summed E-state index contributed by atoms with van der Waals surface area (Å²) in [4.78, 5) is 30.9. The Balaban J connectivity index is 1.71. The number of fused-ring (bicyclic) bond motifs is 1. The standard InChI is InChI=1S/C18H18ClF4N5O2/c19-12-3-10(6-24-7-12)8-27-17(30)28-14(16(29)26-2-1-13(20)9-26)4-11(18(21,22)23)5-15(28)25-27/h3,6-7,11,13-14H,1-2,4-5,8-9H2/t11?,13-,14-/m0/s1. The minimum atomic E-state index is -4.55. The van der Waals surface area contributed by atoms with Crippen LogP contribution in [0.4, 0.5) is 17.6 Å². The molecule has 12 heteroatoms. The number of halogens is 5. The van der Waals surface area contributed by atoms with Gasteiger partial charge in [0, 0.05) is 25.4 Å². The van der Waals surface area contributed by atoms with Gasteiger partial charge in [-0.05, 0) is 24.5 Å². The van der Waals surface area contributed by atoms with Crippen LogP contribution in [0.25, 0.3) is 0 Å². The average molecular weight is 448 g/mol. The van der Waals surface area contributed by atoms with E-state index in [1.165, 1.54) is 17.3 Å². The highest BCUT2D eigenvalue weighted by Gasteiger charge is 2.48. The van der Waals surface area contributed by atoms with Crippen LogP contribution in [-0.4, -0.2) is 55.6 Å². The first kappa shape index (κ1) is 20.8. The van der Waals surface area contributed by atoms with Gasteiger partial charge in [0.25, 0.3) is 0 Å². The van der Waals surface area contributed by atoms with Crippen LogP contribution in [0.1, 0.15) is 30.3 Å². The molecular formula is C18H18ClF4N5O2. The van der Waals surface area contributed by atoms with Gasteiger partial charge in [0.1, 0.15) is 18.0 Å². The molecule has 1 unspecified atom stereocenters. The van der Waals surface area contributed by atoms with E-state index in [0.717, 1.165) is 9.25 Å². The molecule has 2 aliphatic rings. The quantitative estimate of drug-likeness (QED) is 0.677. The Hall–Kier alpha value is -2.43. The fourth-order valence-corrected chi connectivity index (χ4v) is 4.20. The lowest BCUT2D eigenvalue weighted by molar-refractivity contribution is -0.183. The Morgan fingerprint density at radius 3 is 2.70 bits per heavy atom. The number of likely N-dealkylation sites (tertiary alicyclic amines) is 1. The molecule has 1 saturated heterocycles. The summed E-state index contributed by atoms with van der Waals surface area (Å²) in [6.07, 6.45) is -3.85. The Morgan fingerprint density at radius 1 is 1.30 bits per heavy atom. The largest absolute Gasteiger partial charge is 0.392 e. The second-order valence-electron chi connectivity index (χ2n) is 7.60. The molecule has 2 aliphatic heterocycles. The van der Waals surface area contributed by atoms with Crippen LogP contribution in [0.2, 0.25) is 5.02 Å². The summed E-state index contributed by atoms with van der Waals surface area (Å²) in [5.41, 5.74) is -0.157. The van der Waals surface area contributed by atoms with E-state index in [1.807, 2.05) is 0 Å². The fourth-order valence-electron chi connectivity index (χ4n) is 4.00. The van der Waals surface area contributed by atoms with E-state index >= 15 is 0 Å². The molecule has 0 N–H and O–H groups in total. The topological polar surface area (TPSA) is 73.0 Å². The zero-order chi connectivity index (χ0) is 21.6. The number of carbonyl (C=O) groups excluding carboxylic acids is 1. The van der Waals surface area contributed by atoms with Crippen molar-refractivity contribution in [1.82, 2.24) is 24.2 Å². The number of hydrogen-bond acceptors (Lipinski definition) is 4. The molecule has 7 nitrogen and oxygen atoms in total. The summed E-state index contributed by atoms with van der Waals surface area (Å²) in [6.45, 7) is -0.127. The van der Waals surface area contributed by atoms with Crippen molar-refractivity contribution in [2.75, 3.05) is 13.1 Å². The van der Waals surface area contributed by atoms with Gasteiger partial charge >= 0.3 is 11.9 Å². The number of amides is 1. The minimum absolute atomic E-state index is 0.0553. The van der Waals surface area contributed by atoms with Gasteiger partial charge in [-0.15, -0.1) is 0 Å². The first-order chi connectivity index (χ1) is 14.1. The Labute approximate surface area is 173 Å². The van der Waals surface area contributed by atoms with E-state index in [2.05, 4.69) is 10.1 Å². The summed E-state index contributed by atoms with van der Waals surface area (Å²) in [6, 6.07) is 0.191. The van der Waals surface area contributed by atoms with Gasteiger partial charge in [0.15, 0.2) is 0 Å². The predicted octanol–water partition coefficient (Wildman–Crippen LogP) is 2.38. The third kappa shape index (κ3) is 3.94. The van der Waals surface area contributed by atoms with Crippen LogP contribution >= 0.6 is 11.6 Å². The summed E-state index contributed by atoms with van der Waals surface area (Å²) >= 11 is 5.89. The van der Waals surface area contributed by atoms with Crippen molar-refractivity contribution >= 4 is 17.5 Å². The van der Waals surface area contributed by atoms with Crippen molar-refractivity contribution < 1.29 is 22.4 Å². The van der Waals surface area contributed by atoms with E-state index in [1.54, 1.807) is 6.07 Å². The zero-order valence-electron chi connectivity index (χ0n) is 15.6. The summed E-state index contributed by atoms with van der Waals surface area (Å²) in [5, 5.41) is 4.40. The van der Waals surface area contributed by atoms with Crippen LogP contribution in [-0.2, 0) is 17.8 Å². The molecule has 0 saturated carbocycles. The normalized spacial score (nSPS) is 24.2. The highest BCUT2D eigenvalue weighted by molar-refractivity contribution is 6.30. The molecule has 2 aromatic heterocycles. The van der Waals surface area contributed by atoms with Gasteiger partial charge in [0.05, 0.1) is 24.0 Å². The molecule has 0 bridgehead atoms. The molecule has 4 heterocycles. The van der Waals surface area contributed by atoms with Crippen molar-refractivity contribution in [3.63, 3.8) is 0 Å². The summed E-state index contributed by atoms with van der Waals surface area (Å²) < 4.78 is 56.0. The van der Waals surface area contributed by atoms with Gasteiger partial charge in [0.2, 0.25) is 5.91 Å². The molecule has 162 valence electrons. The number of alkyl halides is 4. The summed E-state index contributed by atoms with van der Waals surface area (Å²) in [7, 11) is 0. The first-order valence-electron chi connectivity index (χ1n) is 9.40. The SMILES string of the molecule is O=C([C@@H]1CC(C(F)(F)F)Cc2nn(Cc3cncc(Cl)c3)c(=O)n21)N1CC[C@H](F)C1. The van der Waals surface area contributed by atoms with Crippen molar-refractivity contribution in [3.8, 4) is 0 Å². The highest BCUT2D eigenvalue weighted by Crippen LogP contribution is 2.39. The molecule has 30 heavy (non-hydrogen) atoms. The number of carbonyl (C=O) groups is 1. The number of pyridine rings is 1. The number of hydrogen-bond donors (Lipinski definition) is 0.